The normalized spacial score (nSPS) is 9.72. The van der Waals surface area contributed by atoms with Crippen LogP contribution in [0.25, 0.3) is 5.69 Å². The molecule has 1 aromatic heterocycles. The highest BCUT2D eigenvalue weighted by Crippen LogP contribution is 2.16. The predicted octanol–water partition coefficient (Wildman–Crippen LogP) is 1.17. The molecule has 0 aliphatic heterocycles. The van der Waals surface area contributed by atoms with Gasteiger partial charge in [-0.25, -0.2) is 0 Å². The summed E-state index contributed by atoms with van der Waals surface area (Å²) < 4.78 is 1.82. The van der Waals surface area contributed by atoms with Crippen LogP contribution in [0.15, 0.2) is 18.2 Å². The molecule has 0 saturated heterocycles. The van der Waals surface area contributed by atoms with Crippen molar-refractivity contribution in [3.63, 3.8) is 0 Å². The van der Waals surface area contributed by atoms with Gasteiger partial charge in [-0.2, -0.15) is 15.6 Å². The lowest BCUT2D eigenvalue weighted by Crippen LogP contribution is -2.02. The largest absolute Gasteiger partial charge is 0.388 e. The Bertz CT molecular complexity index is 731. The van der Waals surface area contributed by atoms with Crippen molar-refractivity contribution in [3.8, 4) is 17.8 Å². The van der Waals surface area contributed by atoms with Gasteiger partial charge in [-0.15, -0.1) is 0 Å². The molecule has 2 rings (SSSR count). The highest BCUT2D eigenvalue weighted by molar-refractivity contribution is 7.71. The number of nitriles is 2. The average molecular weight is 257 g/mol. The van der Waals surface area contributed by atoms with Gasteiger partial charge in [0, 0.05) is 0 Å². The number of hydrogen-bond donors (Lipinski definition) is 2. The summed E-state index contributed by atoms with van der Waals surface area (Å²) in [5.74, 6) is 0.341. The fourth-order valence-corrected chi connectivity index (χ4v) is 1.82. The van der Waals surface area contributed by atoms with E-state index in [0.717, 1.165) is 0 Å². The van der Waals surface area contributed by atoms with Gasteiger partial charge in [-0.1, -0.05) is 0 Å². The second-order valence-corrected chi connectivity index (χ2v) is 3.78. The zero-order valence-electron chi connectivity index (χ0n) is 9.08. The summed E-state index contributed by atoms with van der Waals surface area (Å²) in [6.45, 7) is -0.283. The molecule has 0 aliphatic carbocycles. The number of aliphatic hydroxyl groups is 1. The minimum Gasteiger partial charge on any atom is -0.388 e. The van der Waals surface area contributed by atoms with Gasteiger partial charge in [0.25, 0.3) is 0 Å². The Labute approximate surface area is 107 Å². The van der Waals surface area contributed by atoms with Crippen molar-refractivity contribution in [3.05, 3.63) is 39.9 Å². The van der Waals surface area contributed by atoms with Crippen molar-refractivity contribution < 1.29 is 5.11 Å². The molecule has 0 aliphatic rings. The zero-order chi connectivity index (χ0) is 13.1. The van der Waals surface area contributed by atoms with E-state index >= 15 is 0 Å². The summed E-state index contributed by atoms with van der Waals surface area (Å²) in [5.41, 5.74) is 1.12. The molecule has 88 valence electrons. The molecule has 0 atom stereocenters. The number of benzene rings is 1. The Morgan fingerprint density at radius 3 is 2.67 bits per heavy atom. The van der Waals surface area contributed by atoms with E-state index in [4.69, 9.17) is 27.8 Å². The molecule has 0 radical (unpaired) electrons. The molecule has 0 spiro atoms. The molecular formula is C11H7N5OS. The summed E-state index contributed by atoms with van der Waals surface area (Å²) >= 11 is 5.05. The third-order valence-electron chi connectivity index (χ3n) is 2.39. The molecule has 1 heterocycles. The summed E-state index contributed by atoms with van der Waals surface area (Å²) in [6, 6.07) is 8.58. The SMILES string of the molecule is N#Cc1ccc(-n2c(CO)n[nH]c2=S)cc1C#N. The summed E-state index contributed by atoms with van der Waals surface area (Å²) in [7, 11) is 0. The molecule has 1 aromatic carbocycles. The third-order valence-corrected chi connectivity index (χ3v) is 2.66. The minimum atomic E-state index is -0.283. The lowest BCUT2D eigenvalue weighted by atomic mass is 10.1. The molecule has 0 bridgehead atoms. The Morgan fingerprint density at radius 2 is 2.06 bits per heavy atom. The number of nitrogens with one attached hydrogen (secondary N) is 1. The Hall–Kier alpha value is -2.48. The maximum atomic E-state index is 9.15. The van der Waals surface area contributed by atoms with E-state index in [-0.39, 0.29) is 12.2 Å². The van der Waals surface area contributed by atoms with Crippen LogP contribution in [0.5, 0.6) is 0 Å². The van der Waals surface area contributed by atoms with Gasteiger partial charge in [-0.05, 0) is 30.4 Å². The number of nitrogens with zero attached hydrogens (tertiary/aromatic N) is 4. The maximum absolute atomic E-state index is 9.15. The molecular weight excluding hydrogens is 250 g/mol. The van der Waals surface area contributed by atoms with Gasteiger partial charge in [0.15, 0.2) is 10.6 Å². The zero-order valence-corrected chi connectivity index (χ0v) is 9.90. The first-order valence-electron chi connectivity index (χ1n) is 4.93. The second kappa shape index (κ2) is 4.80. The molecule has 2 N–H and O–H groups in total. The monoisotopic (exact) mass is 257 g/mol. The summed E-state index contributed by atoms with van der Waals surface area (Å²) in [4.78, 5) is 0. The van der Waals surface area contributed by atoms with E-state index < -0.39 is 0 Å². The number of aromatic amines is 1. The number of rotatable bonds is 2. The van der Waals surface area contributed by atoms with Gasteiger partial charge >= 0.3 is 0 Å². The quantitative estimate of drug-likeness (QED) is 0.786. The van der Waals surface area contributed by atoms with Crippen LogP contribution in [0.3, 0.4) is 0 Å². The number of aliphatic hydroxyl groups excluding tert-OH is 1. The lowest BCUT2D eigenvalue weighted by Gasteiger charge is -2.05. The molecule has 18 heavy (non-hydrogen) atoms. The van der Waals surface area contributed by atoms with Crippen LogP contribution >= 0.6 is 12.2 Å². The summed E-state index contributed by atoms with van der Waals surface area (Å²) in [5, 5.41) is 33.4. The maximum Gasteiger partial charge on any atom is 0.199 e. The Balaban J connectivity index is 2.67. The third kappa shape index (κ3) is 1.89. The van der Waals surface area contributed by atoms with Crippen LogP contribution in [0.2, 0.25) is 0 Å². The van der Waals surface area contributed by atoms with E-state index in [1.807, 2.05) is 12.1 Å². The van der Waals surface area contributed by atoms with Crippen LogP contribution in [-0.4, -0.2) is 19.9 Å². The number of aromatic nitrogens is 3. The first-order chi connectivity index (χ1) is 8.71. The first-order valence-corrected chi connectivity index (χ1v) is 5.34. The topological polar surface area (TPSA) is 101 Å². The van der Waals surface area contributed by atoms with E-state index in [2.05, 4.69) is 10.2 Å². The molecule has 0 unspecified atom stereocenters. The second-order valence-electron chi connectivity index (χ2n) is 3.39. The minimum absolute atomic E-state index is 0.252. The number of hydrogen-bond acceptors (Lipinski definition) is 5. The van der Waals surface area contributed by atoms with Gasteiger partial charge < -0.3 is 5.11 Å². The fourth-order valence-electron chi connectivity index (χ4n) is 1.56. The standard InChI is InChI=1S/C11H7N5OS/c12-4-7-1-2-9(3-8(7)5-13)16-10(6-17)14-15-11(16)18/h1-3,17H,6H2,(H,15,18). The molecule has 2 aromatic rings. The van der Waals surface area contributed by atoms with Crippen molar-refractivity contribution in [2.45, 2.75) is 6.61 Å². The molecule has 6 nitrogen and oxygen atoms in total. The fraction of sp³-hybridized carbons (Fsp3) is 0.0909. The highest BCUT2D eigenvalue weighted by Gasteiger charge is 2.09. The average Bonchev–Trinajstić information content (AvgIpc) is 2.79. The van der Waals surface area contributed by atoms with Gasteiger partial charge in [0.2, 0.25) is 0 Å². The van der Waals surface area contributed by atoms with Crippen LogP contribution in [0.1, 0.15) is 17.0 Å². The molecule has 0 fully saturated rings. The highest BCUT2D eigenvalue weighted by atomic mass is 32.1. The van der Waals surface area contributed by atoms with Crippen LogP contribution in [-0.2, 0) is 6.61 Å². The molecule has 0 saturated carbocycles. The molecule has 7 heteroatoms. The van der Waals surface area contributed by atoms with Crippen molar-refractivity contribution >= 4 is 12.2 Å². The van der Waals surface area contributed by atoms with Gasteiger partial charge in [-0.3, -0.25) is 9.67 Å². The predicted molar refractivity (Wildman–Crippen MR) is 64.1 cm³/mol. The van der Waals surface area contributed by atoms with Crippen molar-refractivity contribution in [2.75, 3.05) is 0 Å². The van der Waals surface area contributed by atoms with E-state index in [0.29, 0.717) is 21.8 Å². The van der Waals surface area contributed by atoms with E-state index in [1.54, 1.807) is 6.07 Å². The van der Waals surface area contributed by atoms with E-state index in [1.165, 1.54) is 16.7 Å². The summed E-state index contributed by atoms with van der Waals surface area (Å²) in [6.07, 6.45) is 0. The van der Waals surface area contributed by atoms with Crippen molar-refractivity contribution in [1.29, 1.82) is 10.5 Å². The van der Waals surface area contributed by atoms with Crippen molar-refractivity contribution in [2.24, 2.45) is 0 Å². The van der Waals surface area contributed by atoms with Crippen LogP contribution in [0.4, 0.5) is 0 Å². The van der Waals surface area contributed by atoms with Crippen LogP contribution in [0, 0.1) is 27.4 Å². The Morgan fingerprint density at radius 1 is 1.33 bits per heavy atom. The van der Waals surface area contributed by atoms with Crippen molar-refractivity contribution in [1.82, 2.24) is 14.8 Å². The van der Waals surface area contributed by atoms with Crippen LogP contribution < -0.4 is 0 Å². The Kier molecular flexibility index (Phi) is 3.20. The smallest absolute Gasteiger partial charge is 0.199 e. The van der Waals surface area contributed by atoms with E-state index in [9.17, 15) is 0 Å². The molecule has 0 amide bonds. The number of H-pyrrole nitrogens is 1. The van der Waals surface area contributed by atoms with Gasteiger partial charge in [0.05, 0.1) is 16.8 Å². The van der Waals surface area contributed by atoms with Gasteiger partial charge in [0.1, 0.15) is 18.7 Å². The lowest BCUT2D eigenvalue weighted by molar-refractivity contribution is 0.269. The first kappa shape index (κ1) is 12.0.